The third-order valence-corrected chi connectivity index (χ3v) is 7.46. The van der Waals surface area contributed by atoms with Crippen molar-refractivity contribution in [3.05, 3.63) is 151 Å². The number of hydrogen-bond acceptors (Lipinski definition) is 1. The summed E-state index contributed by atoms with van der Waals surface area (Å²) in [5, 5.41) is 1.33. The summed E-state index contributed by atoms with van der Waals surface area (Å²) in [6.07, 6.45) is 6.75. The molecule has 1 aliphatic carbocycles. The van der Waals surface area contributed by atoms with E-state index in [-0.39, 0.29) is 0 Å². The third kappa shape index (κ3) is 3.91. The lowest BCUT2D eigenvalue weighted by Gasteiger charge is -2.25. The quantitative estimate of drug-likeness (QED) is 0.234. The Balaban J connectivity index is 1.23. The van der Waals surface area contributed by atoms with Gasteiger partial charge in [-0.25, -0.2) is 0 Å². The monoisotopic (exact) mass is 488 g/mol. The molecule has 182 valence electrons. The second kappa shape index (κ2) is 9.57. The van der Waals surface area contributed by atoms with E-state index in [1.54, 1.807) is 0 Å². The average molecular weight is 489 g/mol. The Morgan fingerprint density at radius 3 is 1.74 bits per heavy atom. The summed E-state index contributed by atoms with van der Waals surface area (Å²) in [5.41, 5.74) is 11.1. The van der Waals surface area contributed by atoms with Gasteiger partial charge in [-0.2, -0.15) is 0 Å². The van der Waals surface area contributed by atoms with Crippen LogP contribution in [0.25, 0.3) is 33.8 Å². The molecular formula is C36H28N2. The van der Waals surface area contributed by atoms with Gasteiger partial charge >= 0.3 is 0 Å². The Hall–Kier alpha value is -4.82. The zero-order valence-electron chi connectivity index (χ0n) is 21.2. The highest BCUT2D eigenvalue weighted by atomic mass is 15.1. The Morgan fingerprint density at radius 1 is 0.526 bits per heavy atom. The summed E-state index contributed by atoms with van der Waals surface area (Å²) in [7, 11) is 0. The van der Waals surface area contributed by atoms with E-state index in [0.717, 1.165) is 29.9 Å². The Labute approximate surface area is 223 Å². The first kappa shape index (κ1) is 22.4. The van der Waals surface area contributed by atoms with E-state index in [9.17, 15) is 0 Å². The fraction of sp³-hybridized carbons (Fsp3) is 0.0556. The van der Waals surface area contributed by atoms with E-state index in [2.05, 4.69) is 155 Å². The third-order valence-electron chi connectivity index (χ3n) is 7.46. The van der Waals surface area contributed by atoms with Crippen molar-refractivity contribution >= 4 is 34.0 Å². The van der Waals surface area contributed by atoms with E-state index < -0.39 is 0 Å². The standard InChI is InChI=1S/C36H28N2/c1-3-11-29(12-4-1)37(30-13-5-2-6-14-30)31-23-19-27(20-24-31)28-21-25-32(26-22-28)38-35-17-9-7-15-33(35)34-16-8-10-18-36(34)38/h1-9,11-17,19-26H,10,18H2. The average Bonchev–Trinajstić information content (AvgIpc) is 3.33. The molecule has 1 aliphatic rings. The van der Waals surface area contributed by atoms with Gasteiger partial charge in [-0.05, 0) is 78.6 Å². The van der Waals surface area contributed by atoms with Crippen LogP contribution in [-0.2, 0) is 6.42 Å². The van der Waals surface area contributed by atoms with Crippen LogP contribution in [-0.4, -0.2) is 4.57 Å². The van der Waals surface area contributed by atoms with Gasteiger partial charge in [-0.3, -0.25) is 0 Å². The molecular weight excluding hydrogens is 460 g/mol. The highest BCUT2D eigenvalue weighted by Gasteiger charge is 2.18. The summed E-state index contributed by atoms with van der Waals surface area (Å²) in [6, 6.07) is 47.7. The van der Waals surface area contributed by atoms with E-state index in [1.807, 2.05) is 0 Å². The normalized spacial score (nSPS) is 12.4. The Kier molecular flexibility index (Phi) is 5.64. The largest absolute Gasteiger partial charge is 0.313 e. The van der Waals surface area contributed by atoms with Crippen LogP contribution in [0.3, 0.4) is 0 Å². The maximum absolute atomic E-state index is 2.44. The first-order chi connectivity index (χ1) is 18.9. The molecule has 0 radical (unpaired) electrons. The molecule has 0 fully saturated rings. The molecule has 2 nitrogen and oxygen atoms in total. The number of hydrogen-bond donors (Lipinski definition) is 0. The molecule has 0 aliphatic heterocycles. The topological polar surface area (TPSA) is 8.17 Å². The fourth-order valence-corrected chi connectivity index (χ4v) is 5.67. The molecule has 0 unspecified atom stereocenters. The zero-order chi connectivity index (χ0) is 25.3. The van der Waals surface area contributed by atoms with Crippen molar-refractivity contribution in [3.63, 3.8) is 0 Å². The van der Waals surface area contributed by atoms with Gasteiger partial charge < -0.3 is 9.47 Å². The number of benzene rings is 5. The number of aromatic nitrogens is 1. The highest BCUT2D eigenvalue weighted by molar-refractivity contribution is 5.93. The molecule has 6 aromatic rings. The summed E-state index contributed by atoms with van der Waals surface area (Å²) < 4.78 is 2.44. The minimum absolute atomic E-state index is 1.07. The molecule has 0 saturated carbocycles. The van der Waals surface area contributed by atoms with Crippen molar-refractivity contribution in [2.45, 2.75) is 12.8 Å². The maximum Gasteiger partial charge on any atom is 0.0537 e. The lowest BCUT2D eigenvalue weighted by molar-refractivity contribution is 0.888. The second-order valence-electron chi connectivity index (χ2n) is 9.75. The zero-order valence-corrected chi connectivity index (χ0v) is 21.2. The van der Waals surface area contributed by atoms with Crippen molar-refractivity contribution < 1.29 is 0 Å². The van der Waals surface area contributed by atoms with Gasteiger partial charge in [0, 0.05) is 39.4 Å². The van der Waals surface area contributed by atoms with Gasteiger partial charge in [-0.15, -0.1) is 0 Å². The molecule has 0 N–H and O–H groups in total. The van der Waals surface area contributed by atoms with E-state index in [4.69, 9.17) is 0 Å². The number of allylic oxidation sites excluding steroid dienone is 1. The number of rotatable bonds is 5. The van der Waals surface area contributed by atoms with Gasteiger partial charge in [0.2, 0.25) is 0 Å². The van der Waals surface area contributed by atoms with Gasteiger partial charge in [-0.1, -0.05) is 91.0 Å². The molecule has 38 heavy (non-hydrogen) atoms. The van der Waals surface area contributed by atoms with Crippen LogP contribution in [0, 0.1) is 0 Å². The number of fused-ring (bicyclic) bond motifs is 3. The van der Waals surface area contributed by atoms with Crippen LogP contribution >= 0.6 is 0 Å². The second-order valence-corrected chi connectivity index (χ2v) is 9.75. The first-order valence-corrected chi connectivity index (χ1v) is 13.3. The smallest absolute Gasteiger partial charge is 0.0537 e. The molecule has 1 aromatic heterocycles. The molecule has 0 spiro atoms. The Morgan fingerprint density at radius 2 is 1.08 bits per heavy atom. The lowest BCUT2D eigenvalue weighted by atomic mass is 10.0. The first-order valence-electron chi connectivity index (χ1n) is 13.3. The molecule has 0 amide bonds. The van der Waals surface area contributed by atoms with Crippen molar-refractivity contribution in [2.24, 2.45) is 0 Å². The van der Waals surface area contributed by atoms with Gasteiger partial charge in [0.1, 0.15) is 0 Å². The maximum atomic E-state index is 2.44. The summed E-state index contributed by atoms with van der Waals surface area (Å²) >= 11 is 0. The predicted octanol–water partition coefficient (Wildman–Crippen LogP) is 9.73. The van der Waals surface area contributed by atoms with Gasteiger partial charge in [0.25, 0.3) is 0 Å². The molecule has 0 saturated heterocycles. The number of nitrogens with zero attached hydrogens (tertiary/aromatic N) is 2. The summed E-state index contributed by atoms with van der Waals surface area (Å²) in [4.78, 5) is 2.29. The fourth-order valence-electron chi connectivity index (χ4n) is 5.67. The molecule has 5 aromatic carbocycles. The van der Waals surface area contributed by atoms with Crippen molar-refractivity contribution in [1.82, 2.24) is 4.57 Å². The molecule has 1 heterocycles. The number of anilines is 3. The Bertz CT molecular complexity index is 1690. The molecule has 2 heteroatoms. The highest BCUT2D eigenvalue weighted by Crippen LogP contribution is 2.36. The predicted molar refractivity (Wildman–Crippen MR) is 161 cm³/mol. The summed E-state index contributed by atoms with van der Waals surface area (Å²) in [6.45, 7) is 0. The van der Waals surface area contributed by atoms with Gasteiger partial charge in [0.05, 0.1) is 5.52 Å². The molecule has 7 rings (SSSR count). The number of para-hydroxylation sites is 3. The minimum Gasteiger partial charge on any atom is -0.313 e. The van der Waals surface area contributed by atoms with Crippen LogP contribution < -0.4 is 4.90 Å². The molecule has 0 atom stereocenters. The minimum atomic E-state index is 1.07. The van der Waals surface area contributed by atoms with Crippen LogP contribution in [0.4, 0.5) is 17.1 Å². The van der Waals surface area contributed by atoms with E-state index >= 15 is 0 Å². The van der Waals surface area contributed by atoms with Crippen molar-refractivity contribution in [2.75, 3.05) is 4.90 Å². The molecule has 0 bridgehead atoms. The van der Waals surface area contributed by atoms with Crippen LogP contribution in [0.15, 0.2) is 140 Å². The van der Waals surface area contributed by atoms with E-state index in [0.29, 0.717) is 0 Å². The SMILES string of the molecule is C1=Cc2c(n(-c3ccc(-c4ccc(N(c5ccccc5)c5ccccc5)cc4)cc3)c3ccccc23)CC1. The summed E-state index contributed by atoms with van der Waals surface area (Å²) in [5.74, 6) is 0. The van der Waals surface area contributed by atoms with Crippen LogP contribution in [0.1, 0.15) is 17.7 Å². The van der Waals surface area contributed by atoms with Crippen LogP contribution in [0.5, 0.6) is 0 Å². The van der Waals surface area contributed by atoms with Crippen LogP contribution in [0.2, 0.25) is 0 Å². The van der Waals surface area contributed by atoms with Crippen molar-refractivity contribution in [1.29, 1.82) is 0 Å². The van der Waals surface area contributed by atoms with Crippen molar-refractivity contribution in [3.8, 4) is 16.8 Å². The van der Waals surface area contributed by atoms with Gasteiger partial charge in [0.15, 0.2) is 0 Å². The lowest BCUT2D eigenvalue weighted by Crippen LogP contribution is -2.09. The van der Waals surface area contributed by atoms with E-state index in [1.165, 1.54) is 39.0 Å².